The molecule has 0 bridgehead atoms. The summed E-state index contributed by atoms with van der Waals surface area (Å²) in [6.07, 6.45) is -0.330. The van der Waals surface area contributed by atoms with E-state index in [2.05, 4.69) is 0 Å². The summed E-state index contributed by atoms with van der Waals surface area (Å²) in [4.78, 5) is 0. The lowest BCUT2D eigenvalue weighted by molar-refractivity contribution is 0.116. The van der Waals surface area contributed by atoms with Crippen molar-refractivity contribution in [2.45, 2.75) is 32.8 Å². The number of aliphatic hydroxyl groups is 2. The highest BCUT2D eigenvalue weighted by Gasteiger charge is 2.20. The molecule has 0 aromatic carbocycles. The zero-order chi connectivity index (χ0) is 11.4. The van der Waals surface area contributed by atoms with E-state index < -0.39 is 22.0 Å². The Morgan fingerprint density at radius 2 is 1.86 bits per heavy atom. The highest BCUT2D eigenvalue weighted by molar-refractivity contribution is 7.85. The van der Waals surface area contributed by atoms with Crippen LogP contribution in [0, 0.1) is 5.41 Å². The fourth-order valence-corrected chi connectivity index (χ4v) is 1.62. The second kappa shape index (κ2) is 5.06. The van der Waals surface area contributed by atoms with Crippen molar-refractivity contribution >= 4 is 10.1 Å². The molecule has 0 amide bonds. The van der Waals surface area contributed by atoms with Crippen LogP contribution in [0.4, 0.5) is 0 Å². The summed E-state index contributed by atoms with van der Waals surface area (Å²) >= 11 is 0. The molecule has 1 unspecified atom stereocenters. The van der Waals surface area contributed by atoms with Gasteiger partial charge in [-0.2, -0.15) is 8.42 Å². The van der Waals surface area contributed by atoms with Gasteiger partial charge in [-0.15, -0.1) is 0 Å². The van der Waals surface area contributed by atoms with Crippen LogP contribution in [0.3, 0.4) is 0 Å². The van der Waals surface area contributed by atoms with Gasteiger partial charge < -0.3 is 10.2 Å². The van der Waals surface area contributed by atoms with Crippen LogP contribution in [0.1, 0.15) is 26.7 Å². The van der Waals surface area contributed by atoms with E-state index in [0.29, 0.717) is 6.42 Å². The zero-order valence-corrected chi connectivity index (χ0v) is 9.29. The van der Waals surface area contributed by atoms with Crippen LogP contribution < -0.4 is 0 Å². The van der Waals surface area contributed by atoms with E-state index in [1.165, 1.54) is 0 Å². The summed E-state index contributed by atoms with van der Waals surface area (Å²) in [7, 11) is -4.11. The third-order valence-corrected chi connectivity index (χ3v) is 2.79. The molecular formula is C8H18O5S. The molecule has 0 saturated heterocycles. The molecule has 0 aromatic rings. The molecule has 5 nitrogen and oxygen atoms in total. The van der Waals surface area contributed by atoms with Gasteiger partial charge in [0.2, 0.25) is 0 Å². The third-order valence-electron chi connectivity index (χ3n) is 1.99. The van der Waals surface area contributed by atoms with Gasteiger partial charge in [-0.3, -0.25) is 4.55 Å². The van der Waals surface area contributed by atoms with Crippen molar-refractivity contribution in [2.75, 3.05) is 12.4 Å². The molecule has 0 aromatic heterocycles. The number of hydrogen-bond donors (Lipinski definition) is 3. The average Bonchev–Trinajstić information content (AvgIpc) is 1.98. The minimum absolute atomic E-state index is 0.0222. The van der Waals surface area contributed by atoms with Crippen molar-refractivity contribution in [3.8, 4) is 0 Å². The molecule has 0 heterocycles. The lowest BCUT2D eigenvalue weighted by atomic mass is 9.88. The van der Waals surface area contributed by atoms with Crippen LogP contribution >= 0.6 is 0 Å². The first kappa shape index (κ1) is 13.8. The Balaban J connectivity index is 3.92. The summed E-state index contributed by atoms with van der Waals surface area (Å²) in [6.45, 7) is 3.60. The fourth-order valence-electron chi connectivity index (χ4n) is 0.963. The molecule has 0 aliphatic rings. The van der Waals surface area contributed by atoms with Crippen LogP contribution in [0.15, 0.2) is 0 Å². The van der Waals surface area contributed by atoms with Crippen molar-refractivity contribution in [3.05, 3.63) is 0 Å². The number of aliphatic hydroxyl groups excluding tert-OH is 2. The predicted octanol–water partition coefficient (Wildman–Crippen LogP) is 0.0338. The van der Waals surface area contributed by atoms with Crippen LogP contribution in [0.5, 0.6) is 0 Å². The van der Waals surface area contributed by atoms with E-state index in [0.717, 1.165) is 0 Å². The van der Waals surface area contributed by atoms with Crippen molar-refractivity contribution in [2.24, 2.45) is 5.41 Å². The Hall–Kier alpha value is -0.170. The van der Waals surface area contributed by atoms with Gasteiger partial charge in [0, 0.05) is 6.61 Å². The maximum Gasteiger partial charge on any atom is 0.267 e. The zero-order valence-electron chi connectivity index (χ0n) is 8.47. The van der Waals surface area contributed by atoms with Crippen molar-refractivity contribution in [1.82, 2.24) is 0 Å². The molecule has 86 valence electrons. The molecule has 6 heteroatoms. The van der Waals surface area contributed by atoms with Crippen LogP contribution in [0.25, 0.3) is 0 Å². The summed E-state index contributed by atoms with van der Waals surface area (Å²) in [6, 6.07) is 0. The lowest BCUT2D eigenvalue weighted by Crippen LogP contribution is -2.24. The minimum atomic E-state index is -4.11. The fraction of sp³-hybridized carbons (Fsp3) is 1.00. The van der Waals surface area contributed by atoms with Gasteiger partial charge >= 0.3 is 0 Å². The summed E-state index contributed by atoms with van der Waals surface area (Å²) < 4.78 is 29.2. The maximum atomic E-state index is 10.4. The topological polar surface area (TPSA) is 94.8 Å². The number of rotatable bonds is 6. The van der Waals surface area contributed by atoms with Crippen LogP contribution in [0.2, 0.25) is 0 Å². The number of hydrogen-bond acceptors (Lipinski definition) is 4. The third kappa shape index (κ3) is 7.25. The molecule has 0 spiro atoms. The average molecular weight is 226 g/mol. The molecular weight excluding hydrogens is 208 g/mol. The van der Waals surface area contributed by atoms with Crippen LogP contribution in [-0.4, -0.2) is 41.6 Å². The SMILES string of the molecule is CC(C)(CO)CCC(O)CS(=O)(=O)O. The summed E-state index contributed by atoms with van der Waals surface area (Å²) in [5.41, 5.74) is -0.333. The highest BCUT2D eigenvalue weighted by Crippen LogP contribution is 2.22. The van der Waals surface area contributed by atoms with Crippen molar-refractivity contribution in [1.29, 1.82) is 0 Å². The monoisotopic (exact) mass is 226 g/mol. The highest BCUT2D eigenvalue weighted by atomic mass is 32.2. The molecule has 3 N–H and O–H groups in total. The first-order valence-corrected chi connectivity index (χ1v) is 6.01. The first-order valence-electron chi connectivity index (χ1n) is 4.40. The van der Waals surface area contributed by atoms with Gasteiger partial charge in [0.25, 0.3) is 10.1 Å². The standard InChI is InChI=1S/C8H18O5S/c1-8(2,6-9)4-3-7(10)5-14(11,12)13/h7,9-10H,3-6H2,1-2H3,(H,11,12,13). The smallest absolute Gasteiger partial charge is 0.267 e. The largest absolute Gasteiger partial charge is 0.396 e. The normalized spacial score (nSPS) is 15.5. The van der Waals surface area contributed by atoms with Crippen molar-refractivity contribution in [3.63, 3.8) is 0 Å². The Labute approximate surface area is 84.5 Å². The molecule has 0 aliphatic heterocycles. The van der Waals surface area contributed by atoms with Gasteiger partial charge in [0.05, 0.1) is 6.10 Å². The van der Waals surface area contributed by atoms with E-state index in [9.17, 15) is 13.5 Å². The summed E-state index contributed by atoms with van der Waals surface area (Å²) in [5, 5.41) is 18.1. The summed E-state index contributed by atoms with van der Waals surface area (Å²) in [5.74, 6) is -0.644. The quantitative estimate of drug-likeness (QED) is 0.556. The first-order chi connectivity index (χ1) is 6.16. The Morgan fingerprint density at radius 1 is 1.36 bits per heavy atom. The van der Waals surface area contributed by atoms with Gasteiger partial charge in [0.15, 0.2) is 0 Å². The Bertz CT molecular complexity index is 257. The molecule has 14 heavy (non-hydrogen) atoms. The van der Waals surface area contributed by atoms with E-state index >= 15 is 0 Å². The van der Waals surface area contributed by atoms with Gasteiger partial charge in [0.1, 0.15) is 5.75 Å². The van der Waals surface area contributed by atoms with Gasteiger partial charge in [-0.05, 0) is 18.3 Å². The Morgan fingerprint density at radius 3 is 2.21 bits per heavy atom. The van der Waals surface area contributed by atoms with E-state index in [1.807, 2.05) is 13.8 Å². The molecule has 0 radical (unpaired) electrons. The minimum Gasteiger partial charge on any atom is -0.396 e. The predicted molar refractivity (Wildman–Crippen MR) is 52.5 cm³/mol. The molecule has 1 atom stereocenters. The second-order valence-corrected chi connectivity index (χ2v) is 5.76. The van der Waals surface area contributed by atoms with Crippen molar-refractivity contribution < 1.29 is 23.2 Å². The molecule has 0 fully saturated rings. The lowest BCUT2D eigenvalue weighted by Gasteiger charge is -2.22. The second-order valence-electron chi connectivity index (χ2n) is 4.26. The van der Waals surface area contributed by atoms with Gasteiger partial charge in [-0.25, -0.2) is 0 Å². The van der Waals surface area contributed by atoms with Gasteiger partial charge in [-0.1, -0.05) is 13.8 Å². The Kier molecular flexibility index (Phi) is 5.00. The maximum absolute atomic E-state index is 10.4. The van der Waals surface area contributed by atoms with Crippen LogP contribution in [-0.2, 0) is 10.1 Å². The molecule has 0 saturated carbocycles. The van der Waals surface area contributed by atoms with E-state index in [4.69, 9.17) is 9.66 Å². The molecule has 0 aliphatic carbocycles. The van der Waals surface area contributed by atoms with E-state index in [-0.39, 0.29) is 18.4 Å². The van der Waals surface area contributed by atoms with E-state index in [1.54, 1.807) is 0 Å². The molecule has 0 rings (SSSR count).